The first-order valence-electron chi connectivity index (χ1n) is 8.59. The zero-order chi connectivity index (χ0) is 18.7. The second-order valence-electron chi connectivity index (χ2n) is 6.37. The molecule has 0 spiro atoms. The van der Waals surface area contributed by atoms with Gasteiger partial charge in [-0.1, -0.05) is 17.7 Å². The van der Waals surface area contributed by atoms with Crippen molar-refractivity contribution in [3.05, 3.63) is 46.0 Å². The Balaban J connectivity index is 1.68. The molecular formula is C18H22ClFN4OS. The summed E-state index contributed by atoms with van der Waals surface area (Å²) in [7, 11) is 0. The van der Waals surface area contributed by atoms with Crippen molar-refractivity contribution in [2.24, 2.45) is 0 Å². The minimum absolute atomic E-state index is 0.211. The molecule has 2 aromatic rings. The van der Waals surface area contributed by atoms with Gasteiger partial charge < -0.3 is 15.4 Å². The Kier molecular flexibility index (Phi) is 6.11. The third-order valence-electron chi connectivity index (χ3n) is 4.50. The van der Waals surface area contributed by atoms with Crippen LogP contribution in [0.5, 0.6) is 0 Å². The molecule has 1 aromatic carbocycles. The maximum atomic E-state index is 14.0. The van der Waals surface area contributed by atoms with Gasteiger partial charge >= 0.3 is 0 Å². The quantitative estimate of drug-likeness (QED) is 0.753. The summed E-state index contributed by atoms with van der Waals surface area (Å²) in [5, 5.41) is 11.8. The van der Waals surface area contributed by atoms with E-state index in [0.717, 1.165) is 36.5 Å². The molecule has 1 saturated heterocycles. The Bertz CT molecular complexity index is 784. The number of rotatable bonds is 5. The van der Waals surface area contributed by atoms with E-state index < -0.39 is 0 Å². The monoisotopic (exact) mass is 396 g/mol. The SMILES string of the molecule is Cc1nn(Cc2c(F)cccc2Cl)c(C)c1NC(=S)NCC1CCCO1. The van der Waals surface area contributed by atoms with E-state index in [1.54, 1.807) is 16.8 Å². The largest absolute Gasteiger partial charge is 0.376 e. The molecule has 0 amide bonds. The van der Waals surface area contributed by atoms with E-state index in [9.17, 15) is 4.39 Å². The second kappa shape index (κ2) is 8.33. The van der Waals surface area contributed by atoms with E-state index in [1.165, 1.54) is 6.07 Å². The van der Waals surface area contributed by atoms with Crippen LogP contribution >= 0.6 is 23.8 Å². The van der Waals surface area contributed by atoms with Gasteiger partial charge in [0.15, 0.2) is 5.11 Å². The molecule has 8 heteroatoms. The number of aryl methyl sites for hydroxylation is 1. The van der Waals surface area contributed by atoms with Crippen LogP contribution in [-0.4, -0.2) is 34.1 Å². The van der Waals surface area contributed by atoms with Crippen LogP contribution in [0.3, 0.4) is 0 Å². The summed E-state index contributed by atoms with van der Waals surface area (Å²) >= 11 is 11.5. The fraction of sp³-hybridized carbons (Fsp3) is 0.444. The van der Waals surface area contributed by atoms with Crippen molar-refractivity contribution >= 4 is 34.6 Å². The van der Waals surface area contributed by atoms with Crippen molar-refractivity contribution < 1.29 is 9.13 Å². The van der Waals surface area contributed by atoms with Gasteiger partial charge in [0, 0.05) is 23.7 Å². The van der Waals surface area contributed by atoms with E-state index in [2.05, 4.69) is 15.7 Å². The molecule has 26 heavy (non-hydrogen) atoms. The molecule has 140 valence electrons. The van der Waals surface area contributed by atoms with Gasteiger partial charge in [-0.25, -0.2) is 4.39 Å². The third-order valence-corrected chi connectivity index (χ3v) is 5.10. The maximum Gasteiger partial charge on any atom is 0.170 e. The Labute approximate surface area is 162 Å². The van der Waals surface area contributed by atoms with Crippen LogP contribution in [0.2, 0.25) is 5.02 Å². The summed E-state index contributed by atoms with van der Waals surface area (Å²) in [4.78, 5) is 0. The number of aromatic nitrogens is 2. The van der Waals surface area contributed by atoms with Crippen molar-refractivity contribution in [2.45, 2.75) is 39.3 Å². The molecule has 3 rings (SSSR count). The van der Waals surface area contributed by atoms with Gasteiger partial charge in [0.1, 0.15) is 5.82 Å². The van der Waals surface area contributed by atoms with Gasteiger partial charge in [-0.05, 0) is 51.0 Å². The van der Waals surface area contributed by atoms with E-state index in [0.29, 0.717) is 22.2 Å². The Morgan fingerprint density at radius 3 is 2.96 bits per heavy atom. The van der Waals surface area contributed by atoms with E-state index in [-0.39, 0.29) is 18.5 Å². The Morgan fingerprint density at radius 1 is 1.46 bits per heavy atom. The highest BCUT2D eigenvalue weighted by Crippen LogP contribution is 2.24. The highest BCUT2D eigenvalue weighted by Gasteiger charge is 2.18. The highest BCUT2D eigenvalue weighted by molar-refractivity contribution is 7.80. The number of halogens is 2. The number of hydrogen-bond acceptors (Lipinski definition) is 3. The fourth-order valence-electron chi connectivity index (χ4n) is 3.03. The first kappa shape index (κ1) is 19.1. The lowest BCUT2D eigenvalue weighted by atomic mass is 10.2. The minimum Gasteiger partial charge on any atom is -0.376 e. The van der Waals surface area contributed by atoms with Gasteiger partial charge in [0.05, 0.1) is 29.7 Å². The lowest BCUT2D eigenvalue weighted by Gasteiger charge is -2.14. The van der Waals surface area contributed by atoms with Crippen molar-refractivity contribution in [3.63, 3.8) is 0 Å². The predicted octanol–water partition coefficient (Wildman–Crippen LogP) is 3.81. The maximum absolute atomic E-state index is 14.0. The molecule has 1 aliphatic heterocycles. The molecule has 0 aliphatic carbocycles. The van der Waals surface area contributed by atoms with E-state index in [4.69, 9.17) is 28.6 Å². The molecule has 2 heterocycles. The van der Waals surface area contributed by atoms with Crippen molar-refractivity contribution in [1.82, 2.24) is 15.1 Å². The summed E-state index contributed by atoms with van der Waals surface area (Å²) in [6.45, 7) is 5.56. The number of benzene rings is 1. The summed E-state index contributed by atoms with van der Waals surface area (Å²) in [5.41, 5.74) is 2.90. The average molecular weight is 397 g/mol. The smallest absolute Gasteiger partial charge is 0.170 e. The zero-order valence-corrected chi connectivity index (χ0v) is 16.4. The van der Waals surface area contributed by atoms with Gasteiger partial charge in [-0.15, -0.1) is 0 Å². The van der Waals surface area contributed by atoms with Crippen LogP contribution in [-0.2, 0) is 11.3 Å². The van der Waals surface area contributed by atoms with Crippen LogP contribution in [0.15, 0.2) is 18.2 Å². The fourth-order valence-corrected chi connectivity index (χ4v) is 3.44. The van der Waals surface area contributed by atoms with Gasteiger partial charge in [0.2, 0.25) is 0 Å². The van der Waals surface area contributed by atoms with E-state index >= 15 is 0 Å². The summed E-state index contributed by atoms with van der Waals surface area (Å²) < 4.78 is 21.4. The number of thiocarbonyl (C=S) groups is 1. The first-order valence-corrected chi connectivity index (χ1v) is 9.37. The number of hydrogen-bond donors (Lipinski definition) is 2. The second-order valence-corrected chi connectivity index (χ2v) is 7.19. The molecule has 5 nitrogen and oxygen atoms in total. The minimum atomic E-state index is -0.340. The molecule has 1 atom stereocenters. The molecule has 0 saturated carbocycles. The number of anilines is 1. The molecule has 0 bridgehead atoms. The highest BCUT2D eigenvalue weighted by atomic mass is 35.5. The number of nitrogens with zero attached hydrogens (tertiary/aromatic N) is 2. The van der Waals surface area contributed by atoms with Gasteiger partial charge in [0.25, 0.3) is 0 Å². The Morgan fingerprint density at radius 2 is 2.27 bits per heavy atom. The van der Waals surface area contributed by atoms with Gasteiger partial charge in [-0.3, -0.25) is 4.68 Å². The topological polar surface area (TPSA) is 51.1 Å². The van der Waals surface area contributed by atoms with Crippen LogP contribution < -0.4 is 10.6 Å². The molecule has 1 fully saturated rings. The molecular weight excluding hydrogens is 375 g/mol. The summed E-state index contributed by atoms with van der Waals surface area (Å²) in [6.07, 6.45) is 2.35. The van der Waals surface area contributed by atoms with Crippen molar-refractivity contribution in [2.75, 3.05) is 18.5 Å². The average Bonchev–Trinajstić information content (AvgIpc) is 3.20. The molecule has 2 N–H and O–H groups in total. The molecule has 1 aliphatic rings. The lowest BCUT2D eigenvalue weighted by molar-refractivity contribution is 0.114. The molecule has 1 aromatic heterocycles. The van der Waals surface area contributed by atoms with Crippen LogP contribution in [0.1, 0.15) is 29.8 Å². The number of ether oxygens (including phenoxy) is 1. The van der Waals surface area contributed by atoms with Crippen molar-refractivity contribution in [3.8, 4) is 0 Å². The van der Waals surface area contributed by atoms with Crippen LogP contribution in [0, 0.1) is 19.7 Å². The first-order chi connectivity index (χ1) is 12.5. The summed E-state index contributed by atoms with van der Waals surface area (Å²) in [5.74, 6) is -0.340. The van der Waals surface area contributed by atoms with Crippen LogP contribution in [0.25, 0.3) is 0 Å². The van der Waals surface area contributed by atoms with Crippen LogP contribution in [0.4, 0.5) is 10.1 Å². The normalized spacial score (nSPS) is 16.7. The number of nitrogens with one attached hydrogen (secondary N) is 2. The van der Waals surface area contributed by atoms with Gasteiger partial charge in [-0.2, -0.15) is 5.10 Å². The third kappa shape index (κ3) is 4.34. The Hall–Kier alpha value is -1.70. The molecule has 1 unspecified atom stereocenters. The lowest BCUT2D eigenvalue weighted by Crippen LogP contribution is -2.35. The van der Waals surface area contributed by atoms with E-state index in [1.807, 2.05) is 13.8 Å². The standard InChI is InChI=1S/C18H22ClFN4OS/c1-11-17(22-18(26)21-9-13-5-4-8-25-13)12(2)24(23-11)10-14-15(19)6-3-7-16(14)20/h3,6-7,13H,4-5,8-10H2,1-2H3,(H2,21,22,26). The van der Waals surface area contributed by atoms with Crippen molar-refractivity contribution in [1.29, 1.82) is 0 Å². The predicted molar refractivity (Wildman–Crippen MR) is 105 cm³/mol. The zero-order valence-electron chi connectivity index (χ0n) is 14.8. The molecule has 0 radical (unpaired) electrons. The summed E-state index contributed by atoms with van der Waals surface area (Å²) in [6, 6.07) is 4.67.